The van der Waals surface area contributed by atoms with E-state index in [2.05, 4.69) is 13.5 Å². The Bertz CT molecular complexity index is 97.8. The van der Waals surface area contributed by atoms with Crippen molar-refractivity contribution in [2.24, 2.45) is 11.5 Å². The largest absolute Gasteiger partial charge is 0.400 e. The van der Waals surface area contributed by atoms with Gasteiger partial charge in [0, 0.05) is 5.70 Å². The Morgan fingerprint density at radius 2 is 2.30 bits per heavy atom. The Balaban J connectivity index is 3.61. The summed E-state index contributed by atoms with van der Waals surface area (Å²) in [7, 11) is 0. The predicted octanol–water partition coefficient (Wildman–Crippen LogP) is 0.560. The van der Waals surface area contributed by atoms with Crippen molar-refractivity contribution in [1.82, 2.24) is 0 Å². The maximum Gasteiger partial charge on any atom is 0.0978 e. The summed E-state index contributed by atoms with van der Waals surface area (Å²) in [5.41, 5.74) is 11.2. The first-order valence-corrected chi connectivity index (χ1v) is 3.48. The molecule has 1 unspecified atom stereocenters. The van der Waals surface area contributed by atoms with E-state index >= 15 is 0 Å². The van der Waals surface area contributed by atoms with Crippen molar-refractivity contribution < 1.29 is 4.74 Å². The molecule has 0 aromatic rings. The molecule has 1 atom stereocenters. The Kier molecular flexibility index (Phi) is 4.98. The SMILES string of the molecule is C=C(N)C(CCC)OCN. The third-order valence-corrected chi connectivity index (χ3v) is 1.26. The summed E-state index contributed by atoms with van der Waals surface area (Å²) >= 11 is 0. The van der Waals surface area contributed by atoms with E-state index in [-0.39, 0.29) is 12.8 Å². The van der Waals surface area contributed by atoms with E-state index in [0.29, 0.717) is 5.70 Å². The number of nitrogens with two attached hydrogens (primary N) is 2. The van der Waals surface area contributed by atoms with Crippen LogP contribution in [-0.4, -0.2) is 12.8 Å². The molecule has 0 rings (SSSR count). The zero-order valence-electron chi connectivity index (χ0n) is 6.47. The van der Waals surface area contributed by atoms with E-state index in [1.807, 2.05) is 0 Å². The van der Waals surface area contributed by atoms with E-state index in [1.54, 1.807) is 0 Å². The molecule has 0 amide bonds. The van der Waals surface area contributed by atoms with Gasteiger partial charge in [0.05, 0.1) is 12.8 Å². The minimum Gasteiger partial charge on any atom is -0.400 e. The molecule has 0 aliphatic rings. The zero-order chi connectivity index (χ0) is 7.98. The molecule has 0 saturated carbocycles. The molecule has 0 saturated heterocycles. The van der Waals surface area contributed by atoms with Crippen molar-refractivity contribution in [1.29, 1.82) is 0 Å². The van der Waals surface area contributed by atoms with Gasteiger partial charge in [-0.3, -0.25) is 0 Å². The van der Waals surface area contributed by atoms with E-state index < -0.39 is 0 Å². The van der Waals surface area contributed by atoms with Crippen LogP contribution in [0.15, 0.2) is 12.3 Å². The summed E-state index contributed by atoms with van der Waals surface area (Å²) in [6, 6.07) is 0. The molecule has 0 heterocycles. The van der Waals surface area contributed by atoms with Crippen LogP contribution in [0.3, 0.4) is 0 Å². The van der Waals surface area contributed by atoms with Crippen LogP contribution < -0.4 is 11.5 Å². The fraction of sp³-hybridized carbons (Fsp3) is 0.714. The normalized spacial score (nSPS) is 13.0. The highest BCUT2D eigenvalue weighted by Gasteiger charge is 2.07. The maximum absolute atomic E-state index is 5.43. The van der Waals surface area contributed by atoms with Gasteiger partial charge in [-0.05, 0) is 6.42 Å². The van der Waals surface area contributed by atoms with Gasteiger partial charge in [-0.25, -0.2) is 0 Å². The molecular formula is C7H16N2O. The number of hydrogen-bond acceptors (Lipinski definition) is 3. The second kappa shape index (κ2) is 5.26. The summed E-state index contributed by atoms with van der Waals surface area (Å²) in [5, 5.41) is 0. The van der Waals surface area contributed by atoms with Gasteiger partial charge in [-0.15, -0.1) is 0 Å². The maximum atomic E-state index is 5.43. The standard InChI is InChI=1S/C7H16N2O/c1-3-4-7(6(2)9)10-5-8/h7H,2-5,8-9H2,1H3. The molecule has 0 aromatic carbocycles. The van der Waals surface area contributed by atoms with Gasteiger partial charge in [0.25, 0.3) is 0 Å². The van der Waals surface area contributed by atoms with Crippen LogP contribution in [0.4, 0.5) is 0 Å². The Labute approximate surface area is 62.0 Å². The van der Waals surface area contributed by atoms with Crippen LogP contribution in [0.25, 0.3) is 0 Å². The van der Waals surface area contributed by atoms with E-state index in [0.717, 1.165) is 12.8 Å². The zero-order valence-corrected chi connectivity index (χ0v) is 6.47. The fourth-order valence-corrected chi connectivity index (χ4v) is 0.754. The van der Waals surface area contributed by atoms with Crippen LogP contribution in [0.1, 0.15) is 19.8 Å². The second-order valence-electron chi connectivity index (χ2n) is 2.19. The molecule has 0 fully saturated rings. The Hall–Kier alpha value is -0.540. The molecule has 0 aliphatic heterocycles. The summed E-state index contributed by atoms with van der Waals surface area (Å²) < 4.78 is 5.10. The highest BCUT2D eigenvalue weighted by Crippen LogP contribution is 2.05. The molecule has 0 aliphatic carbocycles. The summed E-state index contributed by atoms with van der Waals surface area (Å²) in [6.45, 7) is 5.86. The van der Waals surface area contributed by atoms with Crippen LogP contribution >= 0.6 is 0 Å². The smallest absolute Gasteiger partial charge is 0.0978 e. The third kappa shape index (κ3) is 3.48. The molecule has 0 radical (unpaired) electrons. The first kappa shape index (κ1) is 9.46. The molecule has 3 nitrogen and oxygen atoms in total. The third-order valence-electron chi connectivity index (χ3n) is 1.26. The molecule has 0 aromatic heterocycles. The second-order valence-corrected chi connectivity index (χ2v) is 2.19. The molecule has 0 spiro atoms. The lowest BCUT2D eigenvalue weighted by molar-refractivity contribution is 0.0756. The molecule has 3 heteroatoms. The highest BCUT2D eigenvalue weighted by molar-refractivity contribution is 4.95. The number of rotatable bonds is 5. The topological polar surface area (TPSA) is 61.3 Å². The average Bonchev–Trinajstić information content (AvgIpc) is 1.87. The van der Waals surface area contributed by atoms with Gasteiger partial charge in [-0.1, -0.05) is 19.9 Å². The van der Waals surface area contributed by atoms with E-state index in [1.165, 1.54) is 0 Å². The summed E-state index contributed by atoms with van der Waals surface area (Å²) in [4.78, 5) is 0. The number of hydrogen-bond donors (Lipinski definition) is 2. The molecular weight excluding hydrogens is 128 g/mol. The van der Waals surface area contributed by atoms with Crippen molar-refractivity contribution >= 4 is 0 Å². The molecule has 10 heavy (non-hydrogen) atoms. The van der Waals surface area contributed by atoms with Crippen LogP contribution in [0, 0.1) is 0 Å². The van der Waals surface area contributed by atoms with Crippen molar-refractivity contribution in [3.05, 3.63) is 12.3 Å². The van der Waals surface area contributed by atoms with Crippen molar-refractivity contribution in [2.45, 2.75) is 25.9 Å². The first-order chi connectivity index (χ1) is 4.72. The minimum atomic E-state index is -0.0602. The van der Waals surface area contributed by atoms with E-state index in [4.69, 9.17) is 16.2 Å². The Morgan fingerprint density at radius 3 is 2.60 bits per heavy atom. The molecule has 0 bridgehead atoms. The first-order valence-electron chi connectivity index (χ1n) is 3.48. The number of ether oxygens (including phenoxy) is 1. The summed E-state index contributed by atoms with van der Waals surface area (Å²) in [5.74, 6) is 0. The monoisotopic (exact) mass is 144 g/mol. The van der Waals surface area contributed by atoms with Crippen LogP contribution in [-0.2, 0) is 4.74 Å². The van der Waals surface area contributed by atoms with Crippen molar-refractivity contribution in [3.8, 4) is 0 Å². The molecule has 4 N–H and O–H groups in total. The average molecular weight is 144 g/mol. The van der Waals surface area contributed by atoms with Gasteiger partial charge in [-0.2, -0.15) is 0 Å². The lowest BCUT2D eigenvalue weighted by Gasteiger charge is -2.14. The highest BCUT2D eigenvalue weighted by atomic mass is 16.5. The summed E-state index contributed by atoms with van der Waals surface area (Å²) in [6.07, 6.45) is 1.86. The van der Waals surface area contributed by atoms with Gasteiger partial charge in [0.1, 0.15) is 0 Å². The van der Waals surface area contributed by atoms with Crippen LogP contribution in [0.2, 0.25) is 0 Å². The predicted molar refractivity (Wildman–Crippen MR) is 42.2 cm³/mol. The van der Waals surface area contributed by atoms with Gasteiger partial charge < -0.3 is 16.2 Å². The minimum absolute atomic E-state index is 0.0602. The lowest BCUT2D eigenvalue weighted by Crippen LogP contribution is -2.23. The Morgan fingerprint density at radius 1 is 1.70 bits per heavy atom. The van der Waals surface area contributed by atoms with E-state index in [9.17, 15) is 0 Å². The van der Waals surface area contributed by atoms with Crippen LogP contribution in [0.5, 0.6) is 0 Å². The van der Waals surface area contributed by atoms with Gasteiger partial charge in [0.15, 0.2) is 0 Å². The quantitative estimate of drug-likeness (QED) is 0.554. The fourth-order valence-electron chi connectivity index (χ4n) is 0.754. The molecule has 60 valence electrons. The van der Waals surface area contributed by atoms with Gasteiger partial charge >= 0.3 is 0 Å². The van der Waals surface area contributed by atoms with Gasteiger partial charge in [0.2, 0.25) is 0 Å². The van der Waals surface area contributed by atoms with Crippen molar-refractivity contribution in [3.63, 3.8) is 0 Å². The lowest BCUT2D eigenvalue weighted by atomic mass is 10.2. The van der Waals surface area contributed by atoms with Crippen molar-refractivity contribution in [2.75, 3.05) is 6.73 Å².